The first-order chi connectivity index (χ1) is 7.65. The minimum atomic E-state index is -0.295. The Labute approximate surface area is 92.0 Å². The molecule has 0 aliphatic rings. The Morgan fingerprint density at radius 2 is 2.44 bits per heavy atom. The van der Waals surface area contributed by atoms with E-state index in [1.807, 2.05) is 0 Å². The molecule has 1 amide bonds. The van der Waals surface area contributed by atoms with Gasteiger partial charge in [-0.15, -0.1) is 0 Å². The SMILES string of the molecule is CO/N=C\NC(=O)Cn1nnnc1N(C)C. The molecular weight excluding hydrogens is 214 g/mol. The van der Waals surface area contributed by atoms with Gasteiger partial charge in [-0.05, 0) is 10.4 Å². The fraction of sp³-hybridized carbons (Fsp3) is 0.571. The molecule has 1 rings (SSSR count). The van der Waals surface area contributed by atoms with E-state index in [0.29, 0.717) is 5.95 Å². The van der Waals surface area contributed by atoms with E-state index in [4.69, 9.17) is 0 Å². The van der Waals surface area contributed by atoms with Crippen LogP contribution in [-0.4, -0.2) is 53.7 Å². The summed E-state index contributed by atoms with van der Waals surface area (Å²) in [7, 11) is 4.95. The maximum Gasteiger partial charge on any atom is 0.247 e. The first-order valence-electron chi connectivity index (χ1n) is 4.43. The van der Waals surface area contributed by atoms with Gasteiger partial charge in [-0.1, -0.05) is 10.3 Å². The lowest BCUT2D eigenvalue weighted by molar-refractivity contribution is -0.120. The highest BCUT2D eigenvalue weighted by Crippen LogP contribution is 2.02. The van der Waals surface area contributed by atoms with Crippen molar-refractivity contribution in [3.63, 3.8) is 0 Å². The van der Waals surface area contributed by atoms with Crippen LogP contribution in [0.1, 0.15) is 0 Å². The van der Waals surface area contributed by atoms with Gasteiger partial charge in [0, 0.05) is 14.1 Å². The van der Waals surface area contributed by atoms with E-state index in [1.54, 1.807) is 19.0 Å². The van der Waals surface area contributed by atoms with Gasteiger partial charge in [0.1, 0.15) is 20.0 Å². The maximum atomic E-state index is 11.4. The highest BCUT2D eigenvalue weighted by molar-refractivity contribution is 5.87. The zero-order valence-electron chi connectivity index (χ0n) is 9.28. The molecule has 1 N–H and O–H groups in total. The summed E-state index contributed by atoms with van der Waals surface area (Å²) in [6, 6.07) is 0. The number of amides is 1. The summed E-state index contributed by atoms with van der Waals surface area (Å²) < 4.78 is 1.37. The average molecular weight is 227 g/mol. The summed E-state index contributed by atoms with van der Waals surface area (Å²) in [4.78, 5) is 17.5. The molecule has 9 heteroatoms. The molecule has 1 heterocycles. The quantitative estimate of drug-likeness (QED) is 0.371. The number of nitrogens with zero attached hydrogens (tertiary/aromatic N) is 6. The fourth-order valence-electron chi connectivity index (χ4n) is 0.955. The van der Waals surface area contributed by atoms with Crippen LogP contribution in [0, 0.1) is 0 Å². The predicted octanol–water partition coefficient (Wildman–Crippen LogP) is -1.55. The highest BCUT2D eigenvalue weighted by Gasteiger charge is 2.10. The van der Waals surface area contributed by atoms with Crippen LogP contribution in [0.3, 0.4) is 0 Å². The third-order valence-corrected chi connectivity index (χ3v) is 1.59. The number of hydrogen-bond acceptors (Lipinski definition) is 7. The zero-order chi connectivity index (χ0) is 12.0. The summed E-state index contributed by atoms with van der Waals surface area (Å²) in [5.41, 5.74) is 0. The summed E-state index contributed by atoms with van der Waals surface area (Å²) in [6.07, 6.45) is 1.15. The van der Waals surface area contributed by atoms with Gasteiger partial charge < -0.3 is 15.1 Å². The van der Waals surface area contributed by atoms with Crippen LogP contribution in [-0.2, 0) is 16.2 Å². The first kappa shape index (κ1) is 11.9. The second kappa shape index (κ2) is 5.63. The smallest absolute Gasteiger partial charge is 0.247 e. The molecule has 0 spiro atoms. The van der Waals surface area contributed by atoms with Gasteiger partial charge in [0.25, 0.3) is 0 Å². The van der Waals surface area contributed by atoms with E-state index in [-0.39, 0.29) is 12.5 Å². The summed E-state index contributed by atoms with van der Waals surface area (Å²) in [6.45, 7) is 0.0102. The van der Waals surface area contributed by atoms with E-state index < -0.39 is 0 Å². The van der Waals surface area contributed by atoms with Crippen molar-refractivity contribution >= 4 is 18.2 Å². The molecule has 1 aromatic rings. The lowest BCUT2D eigenvalue weighted by atomic mass is 10.6. The molecule has 0 fully saturated rings. The van der Waals surface area contributed by atoms with Crippen molar-refractivity contribution in [3.05, 3.63) is 0 Å². The Morgan fingerprint density at radius 3 is 3.06 bits per heavy atom. The summed E-state index contributed by atoms with van der Waals surface area (Å²) in [5, 5.41) is 16.7. The van der Waals surface area contributed by atoms with Crippen LogP contribution < -0.4 is 10.2 Å². The van der Waals surface area contributed by atoms with Gasteiger partial charge in [0.2, 0.25) is 11.9 Å². The molecule has 0 aliphatic heterocycles. The van der Waals surface area contributed by atoms with Gasteiger partial charge in [0.15, 0.2) is 0 Å². The lowest BCUT2D eigenvalue weighted by Crippen LogP contribution is -2.28. The van der Waals surface area contributed by atoms with Crippen molar-refractivity contribution in [2.75, 3.05) is 26.1 Å². The second-order valence-corrected chi connectivity index (χ2v) is 3.02. The molecule has 0 aromatic carbocycles. The molecule has 0 saturated carbocycles. The van der Waals surface area contributed by atoms with E-state index in [9.17, 15) is 4.79 Å². The van der Waals surface area contributed by atoms with Crippen molar-refractivity contribution < 1.29 is 9.63 Å². The topological polar surface area (TPSA) is 97.5 Å². The maximum absolute atomic E-state index is 11.4. The molecule has 0 atom stereocenters. The molecule has 0 bridgehead atoms. The second-order valence-electron chi connectivity index (χ2n) is 3.02. The van der Waals surface area contributed by atoms with Crippen molar-refractivity contribution in [3.8, 4) is 0 Å². The van der Waals surface area contributed by atoms with Crippen LogP contribution in [0.15, 0.2) is 5.16 Å². The van der Waals surface area contributed by atoms with Gasteiger partial charge in [-0.3, -0.25) is 4.79 Å². The Morgan fingerprint density at radius 1 is 1.69 bits per heavy atom. The van der Waals surface area contributed by atoms with E-state index >= 15 is 0 Å². The molecule has 16 heavy (non-hydrogen) atoms. The summed E-state index contributed by atoms with van der Waals surface area (Å²) >= 11 is 0. The van der Waals surface area contributed by atoms with Crippen LogP contribution >= 0.6 is 0 Å². The molecule has 88 valence electrons. The average Bonchev–Trinajstić information content (AvgIpc) is 2.66. The fourth-order valence-corrected chi connectivity index (χ4v) is 0.955. The molecule has 0 unspecified atom stereocenters. The van der Waals surface area contributed by atoms with E-state index in [0.717, 1.165) is 6.34 Å². The van der Waals surface area contributed by atoms with Crippen LogP contribution in [0.2, 0.25) is 0 Å². The first-order valence-corrected chi connectivity index (χ1v) is 4.43. The number of nitrogens with one attached hydrogen (secondary N) is 1. The number of carbonyl (C=O) groups excluding carboxylic acids is 1. The minimum absolute atomic E-state index is 0.0102. The van der Waals surface area contributed by atoms with Gasteiger partial charge in [0.05, 0.1) is 0 Å². The molecule has 0 aliphatic carbocycles. The number of aromatic nitrogens is 4. The highest BCUT2D eigenvalue weighted by atomic mass is 16.6. The number of anilines is 1. The predicted molar refractivity (Wildman–Crippen MR) is 55.8 cm³/mol. The van der Waals surface area contributed by atoms with Crippen LogP contribution in [0.4, 0.5) is 5.95 Å². The van der Waals surface area contributed by atoms with Crippen molar-refractivity contribution in [2.45, 2.75) is 6.54 Å². The van der Waals surface area contributed by atoms with Crippen molar-refractivity contribution in [1.82, 2.24) is 25.5 Å². The Hall–Kier alpha value is -2.19. The summed E-state index contributed by atoms with van der Waals surface area (Å²) in [5.74, 6) is 0.204. The van der Waals surface area contributed by atoms with Crippen molar-refractivity contribution in [2.24, 2.45) is 5.16 Å². The van der Waals surface area contributed by atoms with E-state index in [2.05, 4.69) is 30.8 Å². The lowest BCUT2D eigenvalue weighted by Gasteiger charge is -2.10. The zero-order valence-corrected chi connectivity index (χ0v) is 9.28. The Bertz CT molecular complexity index is 373. The monoisotopic (exact) mass is 227 g/mol. The van der Waals surface area contributed by atoms with Gasteiger partial charge in [-0.2, -0.15) is 0 Å². The number of carbonyl (C=O) groups is 1. The van der Waals surface area contributed by atoms with Gasteiger partial charge in [-0.25, -0.2) is 4.68 Å². The Balaban J connectivity index is 2.56. The molecule has 0 radical (unpaired) electrons. The van der Waals surface area contributed by atoms with Crippen LogP contribution in [0.5, 0.6) is 0 Å². The number of oxime groups is 1. The largest absolute Gasteiger partial charge is 0.398 e. The van der Waals surface area contributed by atoms with Crippen molar-refractivity contribution in [1.29, 1.82) is 0 Å². The van der Waals surface area contributed by atoms with E-state index in [1.165, 1.54) is 11.8 Å². The standard InChI is InChI=1S/C7H13N7O2/c1-13(2)7-10-11-12-14(7)4-6(15)8-5-9-16-3/h5H,4H2,1-3H3,(H,8,9,15). The van der Waals surface area contributed by atoms with Crippen LogP contribution in [0.25, 0.3) is 0 Å². The number of tetrazole rings is 1. The van der Waals surface area contributed by atoms with Gasteiger partial charge >= 0.3 is 0 Å². The Kier molecular flexibility index (Phi) is 4.18. The molecule has 9 nitrogen and oxygen atoms in total. The minimum Gasteiger partial charge on any atom is -0.398 e. The number of rotatable bonds is 5. The molecular formula is C7H13N7O2. The number of hydrogen-bond donors (Lipinski definition) is 1. The third kappa shape index (κ3) is 3.19. The molecule has 1 aromatic heterocycles. The normalized spacial score (nSPS) is 10.4. The third-order valence-electron chi connectivity index (χ3n) is 1.59. The molecule has 0 saturated heterocycles.